The van der Waals surface area contributed by atoms with Crippen molar-refractivity contribution in [2.75, 3.05) is 33.4 Å². The number of fused-ring (bicyclic) bond motifs is 1. The van der Waals surface area contributed by atoms with E-state index in [1.807, 2.05) is 29.1 Å². The molecule has 5 rings (SSSR count). The molecule has 1 aromatic carbocycles. The van der Waals surface area contributed by atoms with Gasteiger partial charge in [0.25, 0.3) is 5.89 Å². The lowest BCUT2D eigenvalue weighted by Gasteiger charge is -2.35. The van der Waals surface area contributed by atoms with Crippen molar-refractivity contribution in [1.29, 1.82) is 0 Å². The van der Waals surface area contributed by atoms with Gasteiger partial charge in [0.15, 0.2) is 5.82 Å². The monoisotopic (exact) mass is 355 g/mol. The first-order valence-electron chi connectivity index (χ1n) is 8.45. The highest BCUT2D eigenvalue weighted by molar-refractivity contribution is 5.83. The Morgan fingerprint density at radius 3 is 2.88 bits per heavy atom. The van der Waals surface area contributed by atoms with Crippen molar-refractivity contribution in [3.05, 3.63) is 30.2 Å². The highest BCUT2D eigenvalue weighted by Gasteiger charge is 2.35. The van der Waals surface area contributed by atoms with Crippen LogP contribution in [-0.4, -0.2) is 64.3 Å². The van der Waals surface area contributed by atoms with Gasteiger partial charge in [-0.15, -0.1) is 0 Å². The highest BCUT2D eigenvalue weighted by atomic mass is 16.5. The summed E-state index contributed by atoms with van der Waals surface area (Å²) in [5.74, 6) is 1.16. The summed E-state index contributed by atoms with van der Waals surface area (Å²) in [7, 11) is 1.37. The smallest absolute Gasteiger partial charge is 0.409 e. The minimum absolute atomic E-state index is 0.0768. The quantitative estimate of drug-likeness (QED) is 0.707. The molecule has 1 amide bonds. The molecule has 0 saturated carbocycles. The molecule has 0 atom stereocenters. The SMILES string of the molecule is COC(=O)N1CC(c2noc(-c3ccc4cnn(C5COC5)c4c3)n2)C1. The Morgan fingerprint density at radius 2 is 2.15 bits per heavy atom. The van der Waals surface area contributed by atoms with E-state index in [0.29, 0.717) is 38.0 Å². The van der Waals surface area contributed by atoms with Gasteiger partial charge in [-0.05, 0) is 12.1 Å². The van der Waals surface area contributed by atoms with Crippen molar-refractivity contribution in [2.24, 2.45) is 0 Å². The van der Waals surface area contributed by atoms with Gasteiger partial charge in [-0.3, -0.25) is 4.68 Å². The average Bonchev–Trinajstić information content (AvgIpc) is 3.19. The highest BCUT2D eigenvalue weighted by Crippen LogP contribution is 2.30. The van der Waals surface area contributed by atoms with Gasteiger partial charge in [0, 0.05) is 24.0 Å². The summed E-state index contributed by atoms with van der Waals surface area (Å²) < 4.78 is 17.4. The molecule has 0 bridgehead atoms. The molecule has 2 aliphatic heterocycles. The molecule has 0 spiro atoms. The topological polar surface area (TPSA) is 95.5 Å². The predicted molar refractivity (Wildman–Crippen MR) is 89.6 cm³/mol. The van der Waals surface area contributed by atoms with Crippen LogP contribution in [-0.2, 0) is 9.47 Å². The molecule has 2 aliphatic rings. The molecular formula is C17H17N5O4. The second-order valence-corrected chi connectivity index (χ2v) is 6.58. The second kappa shape index (κ2) is 5.80. The number of methoxy groups -OCH3 is 1. The molecule has 26 heavy (non-hydrogen) atoms. The molecule has 0 radical (unpaired) electrons. The first kappa shape index (κ1) is 15.3. The van der Waals surface area contributed by atoms with E-state index in [2.05, 4.69) is 15.2 Å². The molecule has 2 fully saturated rings. The molecule has 3 aromatic rings. The van der Waals surface area contributed by atoms with E-state index < -0.39 is 0 Å². The molecule has 4 heterocycles. The van der Waals surface area contributed by atoms with Crippen molar-refractivity contribution in [3.63, 3.8) is 0 Å². The van der Waals surface area contributed by atoms with Crippen LogP contribution in [0.3, 0.4) is 0 Å². The number of likely N-dealkylation sites (tertiary alicyclic amines) is 1. The fraction of sp³-hybridized carbons (Fsp3) is 0.412. The van der Waals surface area contributed by atoms with E-state index in [1.165, 1.54) is 7.11 Å². The van der Waals surface area contributed by atoms with E-state index in [-0.39, 0.29) is 18.1 Å². The van der Waals surface area contributed by atoms with Gasteiger partial charge >= 0.3 is 6.09 Å². The Hall–Kier alpha value is -2.94. The van der Waals surface area contributed by atoms with Crippen LogP contribution in [0.5, 0.6) is 0 Å². The summed E-state index contributed by atoms with van der Waals surface area (Å²) >= 11 is 0. The number of aromatic nitrogens is 4. The number of carbonyl (C=O) groups is 1. The Labute approximate surface area is 148 Å². The maximum atomic E-state index is 11.4. The van der Waals surface area contributed by atoms with E-state index in [9.17, 15) is 4.79 Å². The number of amides is 1. The third-order valence-corrected chi connectivity index (χ3v) is 4.93. The van der Waals surface area contributed by atoms with Gasteiger partial charge in [0.1, 0.15) is 0 Å². The predicted octanol–water partition coefficient (Wildman–Crippen LogP) is 1.82. The van der Waals surface area contributed by atoms with Crippen LogP contribution in [0.15, 0.2) is 28.9 Å². The van der Waals surface area contributed by atoms with Gasteiger partial charge in [0.05, 0.1) is 44.0 Å². The number of nitrogens with zero attached hydrogens (tertiary/aromatic N) is 5. The Kier molecular flexibility index (Phi) is 3.42. The summed E-state index contributed by atoms with van der Waals surface area (Å²) in [6.45, 7) is 2.45. The first-order chi connectivity index (χ1) is 12.7. The Bertz CT molecular complexity index is 971. The number of carbonyl (C=O) groups excluding carboxylic acids is 1. The van der Waals surface area contributed by atoms with Crippen molar-refractivity contribution < 1.29 is 18.8 Å². The molecule has 0 aliphatic carbocycles. The van der Waals surface area contributed by atoms with E-state index in [4.69, 9.17) is 14.0 Å². The minimum atomic E-state index is -0.330. The van der Waals surface area contributed by atoms with Crippen molar-refractivity contribution in [2.45, 2.75) is 12.0 Å². The van der Waals surface area contributed by atoms with E-state index in [0.717, 1.165) is 16.5 Å². The maximum absolute atomic E-state index is 11.4. The summed E-state index contributed by atoms with van der Waals surface area (Å²) in [5.41, 5.74) is 1.87. The minimum Gasteiger partial charge on any atom is -0.453 e. The summed E-state index contributed by atoms with van der Waals surface area (Å²) in [6.07, 6.45) is 1.52. The summed E-state index contributed by atoms with van der Waals surface area (Å²) in [6, 6.07) is 6.24. The van der Waals surface area contributed by atoms with Crippen molar-refractivity contribution in [3.8, 4) is 11.5 Å². The largest absolute Gasteiger partial charge is 0.453 e. The van der Waals surface area contributed by atoms with Crippen LogP contribution >= 0.6 is 0 Å². The van der Waals surface area contributed by atoms with Crippen LogP contribution in [0.1, 0.15) is 17.8 Å². The van der Waals surface area contributed by atoms with Gasteiger partial charge < -0.3 is 18.9 Å². The van der Waals surface area contributed by atoms with Gasteiger partial charge in [0.2, 0.25) is 0 Å². The number of benzene rings is 1. The van der Waals surface area contributed by atoms with E-state index >= 15 is 0 Å². The van der Waals surface area contributed by atoms with E-state index in [1.54, 1.807) is 4.90 Å². The fourth-order valence-electron chi connectivity index (χ4n) is 3.26. The summed E-state index contributed by atoms with van der Waals surface area (Å²) in [4.78, 5) is 17.5. The zero-order valence-electron chi connectivity index (χ0n) is 14.2. The molecule has 0 N–H and O–H groups in total. The second-order valence-electron chi connectivity index (χ2n) is 6.58. The van der Waals surface area contributed by atoms with Gasteiger partial charge in [-0.2, -0.15) is 10.1 Å². The number of ether oxygens (including phenoxy) is 2. The standard InChI is InChI=1S/C17H17N5O4/c1-24-17(23)21-6-12(7-21)15-19-16(26-20-15)10-2-3-11-5-18-22(14(11)4-10)13-8-25-9-13/h2-5,12-13H,6-9H2,1H3. The van der Waals surface area contributed by atoms with Crippen LogP contribution in [0.4, 0.5) is 4.79 Å². The third kappa shape index (κ3) is 2.35. The third-order valence-electron chi connectivity index (χ3n) is 4.93. The van der Waals surface area contributed by atoms with Crippen LogP contribution in [0.25, 0.3) is 22.4 Å². The molecular weight excluding hydrogens is 338 g/mol. The zero-order chi connectivity index (χ0) is 17.7. The molecule has 9 nitrogen and oxygen atoms in total. The van der Waals surface area contributed by atoms with Crippen LogP contribution in [0.2, 0.25) is 0 Å². The van der Waals surface area contributed by atoms with Crippen molar-refractivity contribution in [1.82, 2.24) is 24.8 Å². The first-order valence-corrected chi connectivity index (χ1v) is 8.45. The number of rotatable bonds is 3. The van der Waals surface area contributed by atoms with Gasteiger partial charge in [-0.25, -0.2) is 4.79 Å². The Morgan fingerprint density at radius 1 is 1.31 bits per heavy atom. The lowest BCUT2D eigenvalue weighted by molar-refractivity contribution is -0.0266. The average molecular weight is 355 g/mol. The van der Waals surface area contributed by atoms with Crippen molar-refractivity contribution >= 4 is 17.0 Å². The fourth-order valence-corrected chi connectivity index (χ4v) is 3.26. The molecule has 134 valence electrons. The molecule has 0 unspecified atom stereocenters. The van der Waals surface area contributed by atoms with Gasteiger partial charge in [-0.1, -0.05) is 11.2 Å². The van der Waals surface area contributed by atoms with Crippen LogP contribution < -0.4 is 0 Å². The number of hydrogen-bond acceptors (Lipinski definition) is 7. The molecule has 2 saturated heterocycles. The summed E-state index contributed by atoms with van der Waals surface area (Å²) in [5, 5.41) is 9.60. The number of hydrogen-bond donors (Lipinski definition) is 0. The normalized spacial score (nSPS) is 18.0. The zero-order valence-corrected chi connectivity index (χ0v) is 14.2. The molecule has 2 aromatic heterocycles. The maximum Gasteiger partial charge on any atom is 0.409 e. The van der Waals surface area contributed by atoms with Crippen LogP contribution in [0, 0.1) is 0 Å². The lowest BCUT2D eigenvalue weighted by Crippen LogP contribution is -2.48. The lowest BCUT2D eigenvalue weighted by atomic mass is 10.0. The molecule has 9 heteroatoms. The Balaban J connectivity index is 1.39.